The molecule has 1 aromatic carbocycles. The third-order valence-corrected chi connectivity index (χ3v) is 4.53. The summed E-state index contributed by atoms with van der Waals surface area (Å²) in [6.07, 6.45) is -2.43. The van der Waals surface area contributed by atoms with Crippen molar-refractivity contribution in [1.82, 2.24) is 10.2 Å². The van der Waals surface area contributed by atoms with Crippen molar-refractivity contribution in [1.29, 1.82) is 0 Å². The molecule has 0 aromatic heterocycles. The van der Waals surface area contributed by atoms with E-state index < -0.39 is 6.43 Å². The number of benzene rings is 1. The predicted molar refractivity (Wildman–Crippen MR) is 86.9 cm³/mol. The van der Waals surface area contributed by atoms with E-state index in [0.717, 1.165) is 40.7 Å². The molecule has 2 nitrogen and oxygen atoms in total. The van der Waals surface area contributed by atoms with Crippen LogP contribution in [0.4, 0.5) is 8.78 Å². The van der Waals surface area contributed by atoms with Crippen molar-refractivity contribution in [3.63, 3.8) is 0 Å². The lowest BCUT2D eigenvalue weighted by Crippen LogP contribution is -2.45. The minimum atomic E-state index is -2.30. The van der Waals surface area contributed by atoms with E-state index in [1.165, 1.54) is 0 Å². The highest BCUT2D eigenvalue weighted by molar-refractivity contribution is 9.11. The van der Waals surface area contributed by atoms with Crippen molar-refractivity contribution in [3.05, 3.63) is 32.7 Å². The Morgan fingerprint density at radius 3 is 2.45 bits per heavy atom. The average molecular weight is 435 g/mol. The molecule has 1 aliphatic heterocycles. The molecule has 0 unspecified atom stereocenters. The van der Waals surface area contributed by atoms with Gasteiger partial charge in [-0.2, -0.15) is 0 Å². The molecule has 0 amide bonds. The summed E-state index contributed by atoms with van der Waals surface area (Å²) in [5.74, 6) is 0. The first-order valence-electron chi connectivity index (χ1n) is 6.26. The Balaban J connectivity index is 0.00000200. The van der Waals surface area contributed by atoms with Gasteiger partial charge in [0, 0.05) is 47.6 Å². The van der Waals surface area contributed by atoms with E-state index in [-0.39, 0.29) is 24.9 Å². The smallest absolute Gasteiger partial charge is 0.240 e. The van der Waals surface area contributed by atoms with Gasteiger partial charge in [-0.1, -0.05) is 31.9 Å². The van der Waals surface area contributed by atoms with Crippen molar-refractivity contribution in [2.75, 3.05) is 26.2 Å². The Kier molecular flexibility index (Phi) is 7.90. The summed E-state index contributed by atoms with van der Waals surface area (Å²) < 4.78 is 27.6. The molecule has 1 aromatic rings. The van der Waals surface area contributed by atoms with Gasteiger partial charge in [-0.05, 0) is 23.8 Å². The lowest BCUT2D eigenvalue weighted by atomic mass is 10.0. The van der Waals surface area contributed by atoms with Gasteiger partial charge in [0.2, 0.25) is 6.43 Å². The summed E-state index contributed by atoms with van der Waals surface area (Å²) in [4.78, 5) is 2.13. The van der Waals surface area contributed by atoms with E-state index in [9.17, 15) is 8.78 Å². The molecule has 2 rings (SSSR count). The minimum absolute atomic E-state index is 0. The van der Waals surface area contributed by atoms with E-state index >= 15 is 0 Å². The van der Waals surface area contributed by atoms with Crippen molar-refractivity contribution in [2.24, 2.45) is 0 Å². The molecule has 7 heteroatoms. The fourth-order valence-corrected chi connectivity index (χ4v) is 3.29. The number of hydrogen-bond acceptors (Lipinski definition) is 2. The van der Waals surface area contributed by atoms with Gasteiger partial charge in [0.15, 0.2) is 0 Å². The zero-order valence-corrected chi connectivity index (χ0v) is 14.8. The number of hydrogen-bond donors (Lipinski definition) is 1. The summed E-state index contributed by atoms with van der Waals surface area (Å²) in [6.45, 7) is 3.31. The molecule has 1 atom stereocenters. The van der Waals surface area contributed by atoms with Crippen LogP contribution < -0.4 is 5.32 Å². The van der Waals surface area contributed by atoms with Crippen LogP contribution in [0.3, 0.4) is 0 Å². The molecule has 1 aliphatic rings. The maximum atomic E-state index is 12.9. The molecule has 1 N–H and O–H groups in total. The molecule has 1 fully saturated rings. The van der Waals surface area contributed by atoms with Gasteiger partial charge in [-0.15, -0.1) is 12.4 Å². The second-order valence-electron chi connectivity index (χ2n) is 4.59. The van der Waals surface area contributed by atoms with Crippen LogP contribution in [0.25, 0.3) is 0 Å². The van der Waals surface area contributed by atoms with Gasteiger partial charge in [0.1, 0.15) is 0 Å². The number of nitrogens with zero attached hydrogens (tertiary/aromatic N) is 1. The molecule has 114 valence electrons. The van der Waals surface area contributed by atoms with Crippen LogP contribution in [0.2, 0.25) is 0 Å². The van der Waals surface area contributed by atoms with Crippen molar-refractivity contribution in [3.8, 4) is 0 Å². The monoisotopic (exact) mass is 432 g/mol. The first-order valence-corrected chi connectivity index (χ1v) is 7.84. The van der Waals surface area contributed by atoms with Crippen LogP contribution in [0.5, 0.6) is 0 Å². The van der Waals surface area contributed by atoms with Crippen molar-refractivity contribution in [2.45, 2.75) is 18.9 Å². The second-order valence-corrected chi connectivity index (χ2v) is 6.36. The summed E-state index contributed by atoms with van der Waals surface area (Å²) in [6, 6.07) is 5.50. The van der Waals surface area contributed by atoms with Crippen LogP contribution in [-0.4, -0.2) is 37.5 Å². The molecular weight excluding hydrogens is 417 g/mol. The molecular formula is C13H17Br2ClF2N2. The van der Waals surface area contributed by atoms with E-state index in [0.29, 0.717) is 0 Å². The second kappa shape index (κ2) is 8.63. The van der Waals surface area contributed by atoms with Crippen LogP contribution in [0.1, 0.15) is 18.0 Å². The Labute approximate surface area is 141 Å². The number of piperazine rings is 1. The Hall–Kier alpha value is 0.250. The quantitative estimate of drug-likeness (QED) is 0.763. The van der Waals surface area contributed by atoms with Gasteiger partial charge in [0.25, 0.3) is 0 Å². The summed E-state index contributed by atoms with van der Waals surface area (Å²) in [5.41, 5.74) is 0.927. The Morgan fingerprint density at radius 1 is 1.20 bits per heavy atom. The van der Waals surface area contributed by atoms with E-state index in [2.05, 4.69) is 42.1 Å². The topological polar surface area (TPSA) is 15.3 Å². The molecule has 1 heterocycles. The number of halogens is 5. The Bertz CT molecular complexity index is 429. The maximum Gasteiger partial charge on any atom is 0.240 e. The van der Waals surface area contributed by atoms with E-state index in [4.69, 9.17) is 0 Å². The van der Waals surface area contributed by atoms with Gasteiger partial charge < -0.3 is 5.32 Å². The fourth-order valence-electron chi connectivity index (χ4n) is 2.41. The molecule has 0 radical (unpaired) electrons. The maximum absolute atomic E-state index is 12.9. The molecule has 0 aliphatic carbocycles. The third-order valence-electron chi connectivity index (χ3n) is 3.31. The number of rotatable bonds is 4. The van der Waals surface area contributed by atoms with Gasteiger partial charge >= 0.3 is 0 Å². The van der Waals surface area contributed by atoms with Crippen LogP contribution >= 0.6 is 44.3 Å². The zero-order chi connectivity index (χ0) is 13.8. The highest BCUT2D eigenvalue weighted by Gasteiger charge is 2.26. The van der Waals surface area contributed by atoms with Gasteiger partial charge in [-0.3, -0.25) is 4.90 Å². The highest BCUT2D eigenvalue weighted by Crippen LogP contribution is 2.34. The number of alkyl halides is 2. The lowest BCUT2D eigenvalue weighted by Gasteiger charge is -2.35. The average Bonchev–Trinajstić information content (AvgIpc) is 2.40. The van der Waals surface area contributed by atoms with Crippen molar-refractivity contribution < 1.29 is 8.78 Å². The first kappa shape index (κ1) is 18.3. The third kappa shape index (κ3) is 4.91. The van der Waals surface area contributed by atoms with E-state index in [1.54, 1.807) is 0 Å². The first-order chi connectivity index (χ1) is 9.08. The molecule has 0 saturated carbocycles. The Morgan fingerprint density at radius 2 is 1.85 bits per heavy atom. The molecule has 0 bridgehead atoms. The minimum Gasteiger partial charge on any atom is -0.314 e. The summed E-state index contributed by atoms with van der Waals surface area (Å²) in [5, 5.41) is 3.25. The highest BCUT2D eigenvalue weighted by atomic mass is 79.9. The van der Waals surface area contributed by atoms with Crippen LogP contribution in [-0.2, 0) is 0 Å². The lowest BCUT2D eigenvalue weighted by molar-refractivity contribution is 0.0736. The van der Waals surface area contributed by atoms with Crippen LogP contribution in [0, 0.1) is 0 Å². The molecule has 1 saturated heterocycles. The van der Waals surface area contributed by atoms with Gasteiger partial charge in [-0.25, -0.2) is 8.78 Å². The largest absolute Gasteiger partial charge is 0.314 e. The van der Waals surface area contributed by atoms with E-state index in [1.807, 2.05) is 18.2 Å². The summed E-state index contributed by atoms with van der Waals surface area (Å²) in [7, 11) is 0. The van der Waals surface area contributed by atoms with Crippen molar-refractivity contribution >= 4 is 44.3 Å². The number of nitrogens with one attached hydrogen (secondary N) is 1. The van der Waals surface area contributed by atoms with Crippen LogP contribution in [0.15, 0.2) is 27.1 Å². The zero-order valence-electron chi connectivity index (χ0n) is 10.8. The standard InChI is InChI=1S/C13H16Br2F2N2.ClH/c14-9-1-2-11(15)10(7-9)12(8-13(16)17)19-5-3-18-4-6-19;/h1-2,7,12-13,18H,3-6,8H2;1H/t12-;/m1./s1. The van der Waals surface area contributed by atoms with Gasteiger partial charge in [0.05, 0.1) is 0 Å². The predicted octanol–water partition coefficient (Wildman–Crippen LogP) is 4.23. The molecule has 0 spiro atoms. The summed E-state index contributed by atoms with van der Waals surface area (Å²) >= 11 is 6.90. The normalized spacial score (nSPS) is 17.9. The SMILES string of the molecule is Cl.FC(F)C[C@H](c1cc(Br)ccc1Br)N1CCNCC1. The molecule has 20 heavy (non-hydrogen) atoms. The fraction of sp³-hybridized carbons (Fsp3) is 0.538.